The zero-order valence-electron chi connectivity index (χ0n) is 12.8. The van der Waals surface area contributed by atoms with E-state index < -0.39 is 10.0 Å². The molecule has 2 rings (SSSR count). The number of methoxy groups -OCH3 is 2. The van der Waals surface area contributed by atoms with Gasteiger partial charge in [0.15, 0.2) is 0 Å². The second kappa shape index (κ2) is 7.74. The van der Waals surface area contributed by atoms with Crippen molar-refractivity contribution in [3.8, 4) is 5.75 Å². The van der Waals surface area contributed by atoms with E-state index in [-0.39, 0.29) is 27.6 Å². The quantitative estimate of drug-likeness (QED) is 0.704. The third-order valence-electron chi connectivity index (χ3n) is 3.52. The van der Waals surface area contributed by atoms with Crippen LogP contribution in [0.15, 0.2) is 23.1 Å². The number of hydrogen-bond donors (Lipinski definition) is 0. The molecule has 0 radical (unpaired) electrons. The van der Waals surface area contributed by atoms with Gasteiger partial charge in [0.25, 0.3) is 0 Å². The van der Waals surface area contributed by atoms with Crippen LogP contribution in [0, 0.1) is 0 Å². The number of thioether (sulfide) groups is 1. The van der Waals surface area contributed by atoms with Crippen molar-refractivity contribution in [3.05, 3.63) is 23.2 Å². The molecule has 0 amide bonds. The maximum Gasteiger partial charge on any atom is 0.315 e. The van der Waals surface area contributed by atoms with Crippen LogP contribution in [0.4, 0.5) is 0 Å². The molecule has 0 spiro atoms. The van der Waals surface area contributed by atoms with Gasteiger partial charge < -0.3 is 9.47 Å². The molecular weight excluding hydrogens is 362 g/mol. The predicted molar refractivity (Wildman–Crippen MR) is 89.6 cm³/mol. The Morgan fingerprint density at radius 2 is 2.17 bits per heavy atom. The highest BCUT2D eigenvalue weighted by Crippen LogP contribution is 2.33. The Balaban J connectivity index is 2.12. The van der Waals surface area contributed by atoms with Gasteiger partial charge in [0.05, 0.1) is 20.0 Å². The number of hydrogen-bond acceptors (Lipinski definition) is 6. The van der Waals surface area contributed by atoms with E-state index in [9.17, 15) is 13.2 Å². The number of halogens is 1. The molecule has 0 saturated carbocycles. The molecule has 6 nitrogen and oxygen atoms in total. The molecule has 1 aromatic rings. The molecule has 1 aliphatic rings. The summed E-state index contributed by atoms with van der Waals surface area (Å²) in [6.45, 7) is 0.747. The number of ether oxygens (including phenoxy) is 2. The summed E-state index contributed by atoms with van der Waals surface area (Å²) in [6.07, 6.45) is 0.684. The first kappa shape index (κ1) is 18.4. The lowest BCUT2D eigenvalue weighted by Crippen LogP contribution is -2.29. The van der Waals surface area contributed by atoms with E-state index in [1.54, 1.807) is 6.07 Å². The molecule has 0 bridgehead atoms. The van der Waals surface area contributed by atoms with Gasteiger partial charge in [0.2, 0.25) is 10.0 Å². The van der Waals surface area contributed by atoms with Crippen LogP contribution >= 0.6 is 23.4 Å². The Bertz CT molecular complexity index is 680. The first-order valence-corrected chi connectivity index (χ1v) is 9.77. The molecule has 1 fully saturated rings. The summed E-state index contributed by atoms with van der Waals surface area (Å²) in [4.78, 5) is 11.2. The number of carbonyl (C=O) groups is 1. The zero-order chi connectivity index (χ0) is 17.0. The van der Waals surface area contributed by atoms with E-state index in [2.05, 4.69) is 4.74 Å². The lowest BCUT2D eigenvalue weighted by atomic mass is 10.3. The number of sulfonamides is 1. The van der Waals surface area contributed by atoms with Crippen LogP contribution in [0.5, 0.6) is 5.75 Å². The average molecular weight is 380 g/mol. The van der Waals surface area contributed by atoms with Gasteiger partial charge in [-0.2, -0.15) is 4.31 Å². The minimum atomic E-state index is -3.69. The molecule has 1 aliphatic heterocycles. The van der Waals surface area contributed by atoms with Gasteiger partial charge in [-0.05, 0) is 24.6 Å². The second-order valence-corrected chi connectivity index (χ2v) is 8.59. The number of benzene rings is 1. The highest BCUT2D eigenvalue weighted by atomic mass is 35.5. The van der Waals surface area contributed by atoms with Gasteiger partial charge in [-0.25, -0.2) is 8.42 Å². The van der Waals surface area contributed by atoms with E-state index >= 15 is 0 Å². The molecule has 0 N–H and O–H groups in total. The molecule has 1 atom stereocenters. The maximum atomic E-state index is 12.8. The van der Waals surface area contributed by atoms with Crippen molar-refractivity contribution in [3.63, 3.8) is 0 Å². The third-order valence-corrected chi connectivity index (χ3v) is 6.90. The van der Waals surface area contributed by atoms with E-state index in [1.807, 2.05) is 0 Å². The smallest absolute Gasteiger partial charge is 0.315 e. The maximum absolute atomic E-state index is 12.8. The first-order chi connectivity index (χ1) is 10.9. The van der Waals surface area contributed by atoms with Gasteiger partial charge in [0, 0.05) is 23.4 Å². The zero-order valence-corrected chi connectivity index (χ0v) is 15.2. The highest BCUT2D eigenvalue weighted by molar-refractivity contribution is 8.00. The van der Waals surface area contributed by atoms with Crippen molar-refractivity contribution in [1.29, 1.82) is 0 Å². The topological polar surface area (TPSA) is 72.9 Å². The van der Waals surface area contributed by atoms with E-state index in [1.165, 1.54) is 42.4 Å². The first-order valence-electron chi connectivity index (χ1n) is 6.90. The molecule has 128 valence electrons. The van der Waals surface area contributed by atoms with Gasteiger partial charge >= 0.3 is 5.97 Å². The number of esters is 1. The molecule has 1 heterocycles. The minimum Gasteiger partial charge on any atom is -0.495 e. The highest BCUT2D eigenvalue weighted by Gasteiger charge is 2.34. The van der Waals surface area contributed by atoms with Crippen LogP contribution < -0.4 is 4.74 Å². The third kappa shape index (κ3) is 4.32. The average Bonchev–Trinajstić information content (AvgIpc) is 3.02. The fourth-order valence-corrected chi connectivity index (χ4v) is 5.35. The van der Waals surface area contributed by atoms with E-state index in [4.69, 9.17) is 16.3 Å². The van der Waals surface area contributed by atoms with Gasteiger partial charge in [0.1, 0.15) is 10.6 Å². The summed E-state index contributed by atoms with van der Waals surface area (Å²) in [6, 6.07) is 4.51. The minimum absolute atomic E-state index is 0.0612. The summed E-state index contributed by atoms with van der Waals surface area (Å²) < 4.78 is 36.7. The summed E-state index contributed by atoms with van der Waals surface area (Å²) in [5, 5.41) is 0.397. The van der Waals surface area contributed by atoms with Crippen LogP contribution in [0.25, 0.3) is 0 Å². The lowest BCUT2D eigenvalue weighted by Gasteiger charge is -2.18. The van der Waals surface area contributed by atoms with Gasteiger partial charge in [-0.15, -0.1) is 11.8 Å². The summed E-state index contributed by atoms with van der Waals surface area (Å²) in [5.74, 6) is 0.170. The van der Waals surface area contributed by atoms with Gasteiger partial charge in [-0.1, -0.05) is 11.6 Å². The normalized spacial score (nSPS) is 18.8. The van der Waals surface area contributed by atoms with Gasteiger partial charge in [-0.3, -0.25) is 4.79 Å². The van der Waals surface area contributed by atoms with E-state index in [0.29, 0.717) is 24.5 Å². The molecule has 1 aromatic carbocycles. The summed E-state index contributed by atoms with van der Waals surface area (Å²) in [5.41, 5.74) is 0. The van der Waals surface area contributed by atoms with Crippen molar-refractivity contribution in [2.45, 2.75) is 16.6 Å². The molecular formula is C14H18ClNO5S2. The largest absolute Gasteiger partial charge is 0.495 e. The van der Waals surface area contributed by atoms with Crippen LogP contribution in [0.1, 0.15) is 6.42 Å². The van der Waals surface area contributed by atoms with Crippen molar-refractivity contribution in [1.82, 2.24) is 4.31 Å². The number of nitrogens with zero attached hydrogens (tertiary/aromatic N) is 1. The van der Waals surface area contributed by atoms with Crippen molar-refractivity contribution >= 4 is 39.4 Å². The Morgan fingerprint density at radius 1 is 1.43 bits per heavy atom. The van der Waals surface area contributed by atoms with Crippen LogP contribution in [0.3, 0.4) is 0 Å². The Morgan fingerprint density at radius 3 is 2.83 bits per heavy atom. The fourth-order valence-electron chi connectivity index (χ4n) is 2.29. The predicted octanol–water partition coefficient (Wildman–Crippen LogP) is 2.02. The Hall–Kier alpha value is -0.960. The lowest BCUT2D eigenvalue weighted by molar-refractivity contribution is -0.137. The number of carbonyl (C=O) groups excluding carboxylic acids is 1. The summed E-state index contributed by atoms with van der Waals surface area (Å²) >= 11 is 7.33. The SMILES string of the molecule is COC(=O)CS[C@H]1CCN(S(=O)(=O)c2cc(Cl)ccc2OC)C1. The number of rotatable bonds is 6. The fraction of sp³-hybridized carbons (Fsp3) is 0.500. The molecule has 23 heavy (non-hydrogen) atoms. The van der Waals surface area contributed by atoms with Crippen LogP contribution in [-0.2, 0) is 19.6 Å². The standard InChI is InChI=1S/C14H18ClNO5S2/c1-20-12-4-3-10(15)7-13(12)23(18,19)16-6-5-11(8-16)22-9-14(17)21-2/h3-4,7,11H,5-6,8-9H2,1-2H3/t11-/m0/s1. The van der Waals surface area contributed by atoms with Crippen molar-refractivity contribution in [2.75, 3.05) is 33.1 Å². The molecule has 9 heteroatoms. The Kier molecular flexibility index (Phi) is 6.19. The van der Waals surface area contributed by atoms with Crippen LogP contribution in [0.2, 0.25) is 5.02 Å². The molecule has 1 saturated heterocycles. The van der Waals surface area contributed by atoms with Crippen molar-refractivity contribution < 1.29 is 22.7 Å². The molecule has 0 aliphatic carbocycles. The monoisotopic (exact) mass is 379 g/mol. The second-order valence-electron chi connectivity index (χ2n) is 4.96. The van der Waals surface area contributed by atoms with Crippen molar-refractivity contribution in [2.24, 2.45) is 0 Å². The molecule has 0 aromatic heterocycles. The summed E-state index contributed by atoms with van der Waals surface area (Å²) in [7, 11) is -0.936. The van der Waals surface area contributed by atoms with E-state index in [0.717, 1.165) is 0 Å². The van der Waals surface area contributed by atoms with Crippen LogP contribution in [-0.4, -0.2) is 57.0 Å². The molecule has 0 unspecified atom stereocenters. The Labute approximate surface area is 145 Å².